The van der Waals surface area contributed by atoms with E-state index in [9.17, 15) is 9.59 Å². The van der Waals surface area contributed by atoms with Gasteiger partial charge in [0, 0.05) is 18.4 Å². The maximum atomic E-state index is 11.6. The molecule has 0 aromatic heterocycles. The Morgan fingerprint density at radius 1 is 1.31 bits per heavy atom. The predicted octanol–water partition coefficient (Wildman–Crippen LogP) is 2.04. The summed E-state index contributed by atoms with van der Waals surface area (Å²) in [5, 5.41) is 0. The molecule has 3 nitrogen and oxygen atoms in total. The molecule has 0 aliphatic heterocycles. The van der Waals surface area contributed by atoms with Crippen molar-refractivity contribution in [3.05, 3.63) is 55.2 Å². The summed E-state index contributed by atoms with van der Waals surface area (Å²) in [6.07, 6.45) is 4.34. The van der Waals surface area contributed by atoms with Gasteiger partial charge >= 0.3 is 0 Å². The van der Waals surface area contributed by atoms with Crippen molar-refractivity contribution < 1.29 is 14.3 Å². The second kappa shape index (κ2) is 6.77. The lowest BCUT2D eigenvalue weighted by atomic mass is 10.0. The third-order valence-electron chi connectivity index (χ3n) is 1.96. The molecule has 0 saturated carbocycles. The highest BCUT2D eigenvalue weighted by Crippen LogP contribution is 2.06. The summed E-state index contributed by atoms with van der Waals surface area (Å²) in [7, 11) is 0. The van der Waals surface area contributed by atoms with E-state index in [4.69, 9.17) is 0 Å². The standard InChI is InChI=1S/C13H13O3/c1-11(16-10-14)6-5-9-13(15)12-7-3-2-4-8-12/h2-11H,1H3/t11-/m1/s1. The Hall–Kier alpha value is -1.64. The van der Waals surface area contributed by atoms with E-state index in [1.165, 1.54) is 6.42 Å². The number of hydrogen-bond donors (Lipinski definition) is 0. The number of Topliss-reactive ketones (excluding diaryl/α,β-unsaturated/α-hetero) is 1. The molecule has 0 saturated heterocycles. The second-order valence-electron chi connectivity index (χ2n) is 3.22. The first-order valence-electron chi connectivity index (χ1n) is 4.94. The van der Waals surface area contributed by atoms with E-state index in [2.05, 4.69) is 4.74 Å². The predicted molar refractivity (Wildman–Crippen MR) is 60.3 cm³/mol. The van der Waals surface area contributed by atoms with Crippen LogP contribution in [0, 0.1) is 19.3 Å². The number of carbonyl (C=O) groups excluding carboxylic acids is 2. The topological polar surface area (TPSA) is 43.4 Å². The molecular weight excluding hydrogens is 204 g/mol. The molecule has 1 rings (SSSR count). The SMILES string of the molecule is C[C@H]([CH][CH][CH]C(=O)c1ccccc1)OC=O. The monoisotopic (exact) mass is 217 g/mol. The Labute approximate surface area is 95.4 Å². The van der Waals surface area contributed by atoms with Gasteiger partial charge in [0.25, 0.3) is 6.47 Å². The molecule has 0 unspecified atom stereocenters. The Kier molecular flexibility index (Phi) is 5.26. The van der Waals surface area contributed by atoms with Crippen molar-refractivity contribution in [3.8, 4) is 0 Å². The summed E-state index contributed by atoms with van der Waals surface area (Å²) in [4.78, 5) is 21.6. The normalized spacial score (nSPS) is 11.8. The van der Waals surface area contributed by atoms with E-state index in [-0.39, 0.29) is 11.9 Å². The van der Waals surface area contributed by atoms with Crippen molar-refractivity contribution in [1.82, 2.24) is 0 Å². The molecule has 0 heterocycles. The molecule has 83 valence electrons. The van der Waals surface area contributed by atoms with Crippen LogP contribution >= 0.6 is 0 Å². The fraction of sp³-hybridized carbons (Fsp3) is 0.154. The lowest BCUT2D eigenvalue weighted by Crippen LogP contribution is -2.09. The molecular formula is C13H13O3. The summed E-state index contributed by atoms with van der Waals surface area (Å²) in [5.74, 6) is -0.0739. The summed E-state index contributed by atoms with van der Waals surface area (Å²) < 4.78 is 4.63. The fourth-order valence-electron chi connectivity index (χ4n) is 1.13. The number of hydrogen-bond acceptors (Lipinski definition) is 3. The van der Waals surface area contributed by atoms with Gasteiger partial charge in [0.1, 0.15) is 6.10 Å². The molecule has 0 aliphatic carbocycles. The molecule has 0 bridgehead atoms. The third-order valence-corrected chi connectivity index (χ3v) is 1.96. The molecule has 16 heavy (non-hydrogen) atoms. The highest BCUT2D eigenvalue weighted by molar-refractivity contribution is 6.03. The zero-order valence-electron chi connectivity index (χ0n) is 9.00. The average Bonchev–Trinajstić information content (AvgIpc) is 2.30. The molecule has 0 amide bonds. The van der Waals surface area contributed by atoms with Crippen LogP contribution in [-0.4, -0.2) is 18.4 Å². The van der Waals surface area contributed by atoms with Crippen molar-refractivity contribution in [1.29, 1.82) is 0 Å². The van der Waals surface area contributed by atoms with E-state index < -0.39 is 0 Å². The van der Waals surface area contributed by atoms with Gasteiger partial charge in [-0.15, -0.1) is 0 Å². The molecule has 1 atom stereocenters. The van der Waals surface area contributed by atoms with Gasteiger partial charge in [-0.25, -0.2) is 0 Å². The Balaban J connectivity index is 2.28. The fourth-order valence-corrected chi connectivity index (χ4v) is 1.13. The maximum absolute atomic E-state index is 11.6. The van der Waals surface area contributed by atoms with Gasteiger partial charge in [0.05, 0.1) is 0 Å². The van der Waals surface area contributed by atoms with E-state index in [1.807, 2.05) is 18.2 Å². The van der Waals surface area contributed by atoms with Crippen LogP contribution in [0.5, 0.6) is 0 Å². The lowest BCUT2D eigenvalue weighted by Gasteiger charge is -2.07. The van der Waals surface area contributed by atoms with Crippen molar-refractivity contribution in [2.45, 2.75) is 13.0 Å². The van der Waals surface area contributed by atoms with Crippen LogP contribution in [0.3, 0.4) is 0 Å². The van der Waals surface area contributed by atoms with Crippen molar-refractivity contribution in [3.63, 3.8) is 0 Å². The molecule has 1 aromatic rings. The first kappa shape index (κ1) is 12.4. The lowest BCUT2D eigenvalue weighted by molar-refractivity contribution is -0.131. The minimum Gasteiger partial charge on any atom is -0.465 e. The van der Waals surface area contributed by atoms with Crippen LogP contribution < -0.4 is 0 Å². The number of benzene rings is 1. The van der Waals surface area contributed by atoms with Crippen LogP contribution in [0.4, 0.5) is 0 Å². The van der Waals surface area contributed by atoms with Gasteiger partial charge in [-0.05, 0) is 13.3 Å². The van der Waals surface area contributed by atoms with Crippen LogP contribution in [-0.2, 0) is 9.53 Å². The van der Waals surface area contributed by atoms with E-state index >= 15 is 0 Å². The van der Waals surface area contributed by atoms with Crippen molar-refractivity contribution in [2.75, 3.05) is 0 Å². The molecule has 0 aliphatic rings. The summed E-state index contributed by atoms with van der Waals surface area (Å²) in [5.41, 5.74) is 0.635. The van der Waals surface area contributed by atoms with Crippen LogP contribution in [0.2, 0.25) is 0 Å². The van der Waals surface area contributed by atoms with Gasteiger partial charge < -0.3 is 4.74 Å². The van der Waals surface area contributed by atoms with E-state index in [0.29, 0.717) is 12.0 Å². The third kappa shape index (κ3) is 4.26. The Bertz CT molecular complexity index is 332. The number of carbonyl (C=O) groups is 2. The molecule has 0 N–H and O–H groups in total. The highest BCUT2D eigenvalue weighted by atomic mass is 16.5. The van der Waals surface area contributed by atoms with Gasteiger partial charge in [-0.3, -0.25) is 9.59 Å². The molecule has 0 spiro atoms. The zero-order valence-corrected chi connectivity index (χ0v) is 9.00. The summed E-state index contributed by atoms with van der Waals surface area (Å²) in [6, 6.07) is 8.97. The average molecular weight is 217 g/mol. The Morgan fingerprint density at radius 3 is 2.62 bits per heavy atom. The highest BCUT2D eigenvalue weighted by Gasteiger charge is 2.08. The number of ketones is 1. The number of ether oxygens (including phenoxy) is 1. The van der Waals surface area contributed by atoms with Crippen molar-refractivity contribution in [2.24, 2.45) is 0 Å². The maximum Gasteiger partial charge on any atom is 0.293 e. The first-order valence-corrected chi connectivity index (χ1v) is 4.94. The molecule has 3 heteroatoms. The smallest absolute Gasteiger partial charge is 0.293 e. The minimum atomic E-state index is -0.322. The van der Waals surface area contributed by atoms with E-state index in [0.717, 1.165) is 0 Å². The number of rotatable bonds is 7. The van der Waals surface area contributed by atoms with Gasteiger partial charge in [0.2, 0.25) is 0 Å². The summed E-state index contributed by atoms with van der Waals surface area (Å²) in [6.45, 7) is 2.10. The van der Waals surface area contributed by atoms with Crippen LogP contribution in [0.15, 0.2) is 30.3 Å². The van der Waals surface area contributed by atoms with Gasteiger partial charge in [-0.1, -0.05) is 30.3 Å². The second-order valence-corrected chi connectivity index (χ2v) is 3.22. The zero-order chi connectivity index (χ0) is 11.8. The van der Waals surface area contributed by atoms with E-state index in [1.54, 1.807) is 31.9 Å². The van der Waals surface area contributed by atoms with Crippen LogP contribution in [0.25, 0.3) is 0 Å². The van der Waals surface area contributed by atoms with Gasteiger partial charge in [-0.2, -0.15) is 0 Å². The molecule has 0 fully saturated rings. The van der Waals surface area contributed by atoms with Gasteiger partial charge in [0.15, 0.2) is 5.78 Å². The summed E-state index contributed by atoms with van der Waals surface area (Å²) >= 11 is 0. The molecule has 3 radical (unpaired) electrons. The Morgan fingerprint density at radius 2 is 2.00 bits per heavy atom. The van der Waals surface area contributed by atoms with Crippen LogP contribution in [0.1, 0.15) is 17.3 Å². The minimum absolute atomic E-state index is 0.0739. The largest absolute Gasteiger partial charge is 0.465 e. The van der Waals surface area contributed by atoms with Crippen molar-refractivity contribution >= 4 is 12.3 Å². The first-order chi connectivity index (χ1) is 7.74. The quantitative estimate of drug-likeness (QED) is 0.518. The molecule has 1 aromatic carbocycles.